The lowest BCUT2D eigenvalue weighted by atomic mass is 9.96. The Morgan fingerprint density at radius 1 is 1.00 bits per heavy atom. The molecule has 3 aliphatic rings. The number of carbonyl (C=O) groups is 3. The van der Waals surface area contributed by atoms with E-state index >= 15 is 0 Å². The van der Waals surface area contributed by atoms with Gasteiger partial charge < -0.3 is 10.2 Å². The number of amides is 4. The fourth-order valence-corrected chi connectivity index (χ4v) is 4.69. The van der Waals surface area contributed by atoms with Crippen LogP contribution in [0.5, 0.6) is 0 Å². The summed E-state index contributed by atoms with van der Waals surface area (Å²) in [7, 11) is 0. The average molecular weight is 376 g/mol. The van der Waals surface area contributed by atoms with E-state index in [0.29, 0.717) is 37.3 Å². The summed E-state index contributed by atoms with van der Waals surface area (Å²) in [6, 6.07) is 7.50. The molecular weight excluding hydrogens is 354 g/mol. The maximum Gasteiger partial charge on any atom is 0.318 e. The third kappa shape index (κ3) is 3.18. The number of carbonyl (C=O) groups excluding carboxylic acids is 3. The van der Waals surface area contributed by atoms with Gasteiger partial charge in [-0.2, -0.15) is 0 Å². The van der Waals surface area contributed by atoms with E-state index in [1.807, 2.05) is 29.2 Å². The van der Waals surface area contributed by atoms with Crippen LogP contribution in [-0.2, 0) is 16.1 Å². The SMILES string of the molecule is O=C1CCC(=O)N1C1CC2CCC(C1)N2C(=O)NCc1ccc(Cl)cc1. The molecule has 26 heavy (non-hydrogen) atoms. The number of halogens is 1. The third-order valence-electron chi connectivity index (χ3n) is 5.75. The van der Waals surface area contributed by atoms with Crippen molar-refractivity contribution in [2.75, 3.05) is 0 Å². The van der Waals surface area contributed by atoms with E-state index in [0.717, 1.165) is 18.4 Å². The van der Waals surface area contributed by atoms with Crippen molar-refractivity contribution in [2.45, 2.75) is 63.2 Å². The van der Waals surface area contributed by atoms with Crippen molar-refractivity contribution in [2.24, 2.45) is 0 Å². The summed E-state index contributed by atoms with van der Waals surface area (Å²) in [5.41, 5.74) is 0.998. The number of urea groups is 1. The highest BCUT2D eigenvalue weighted by molar-refractivity contribution is 6.30. The van der Waals surface area contributed by atoms with Crippen LogP contribution in [0.1, 0.15) is 44.1 Å². The topological polar surface area (TPSA) is 69.7 Å². The highest BCUT2D eigenvalue weighted by Crippen LogP contribution is 2.38. The molecular formula is C19H22ClN3O3. The molecule has 2 atom stereocenters. The molecule has 1 N–H and O–H groups in total. The van der Waals surface area contributed by atoms with Crippen LogP contribution in [0.3, 0.4) is 0 Å². The van der Waals surface area contributed by atoms with Crippen molar-refractivity contribution in [3.63, 3.8) is 0 Å². The molecule has 4 amide bonds. The van der Waals surface area contributed by atoms with Crippen LogP contribution in [0, 0.1) is 0 Å². The van der Waals surface area contributed by atoms with Crippen molar-refractivity contribution in [3.05, 3.63) is 34.9 Å². The van der Waals surface area contributed by atoms with Crippen molar-refractivity contribution < 1.29 is 14.4 Å². The molecule has 0 saturated carbocycles. The fraction of sp³-hybridized carbons (Fsp3) is 0.526. The molecule has 3 heterocycles. The van der Waals surface area contributed by atoms with Gasteiger partial charge in [0.1, 0.15) is 0 Å². The smallest absolute Gasteiger partial charge is 0.318 e. The standard InChI is InChI=1S/C19H22ClN3O3/c20-13-3-1-12(2-4-13)11-21-19(26)22-14-5-6-15(22)10-16(9-14)23-17(24)7-8-18(23)25/h1-4,14-16H,5-11H2,(H,21,26). The zero-order chi connectivity index (χ0) is 18.3. The summed E-state index contributed by atoms with van der Waals surface area (Å²) in [4.78, 5) is 40.1. The molecule has 2 unspecified atom stereocenters. The number of imide groups is 1. The van der Waals surface area contributed by atoms with E-state index in [9.17, 15) is 14.4 Å². The Morgan fingerprint density at radius 3 is 2.15 bits per heavy atom. The normalized spacial score (nSPS) is 28.0. The predicted molar refractivity (Wildman–Crippen MR) is 96.4 cm³/mol. The number of fused-ring (bicyclic) bond motifs is 2. The second-order valence-corrected chi connectivity index (χ2v) is 7.80. The lowest BCUT2D eigenvalue weighted by Gasteiger charge is -2.41. The number of nitrogens with zero attached hydrogens (tertiary/aromatic N) is 2. The predicted octanol–water partition coefficient (Wildman–Crippen LogP) is 2.69. The molecule has 6 nitrogen and oxygen atoms in total. The Morgan fingerprint density at radius 2 is 1.58 bits per heavy atom. The summed E-state index contributed by atoms with van der Waals surface area (Å²) in [6.07, 6.45) is 3.92. The van der Waals surface area contributed by atoms with Crippen LogP contribution in [0.2, 0.25) is 5.02 Å². The van der Waals surface area contributed by atoms with E-state index in [1.165, 1.54) is 4.90 Å². The second-order valence-electron chi connectivity index (χ2n) is 7.36. The Bertz CT molecular complexity index is 706. The third-order valence-corrected chi connectivity index (χ3v) is 6.01. The van der Waals surface area contributed by atoms with Crippen LogP contribution < -0.4 is 5.32 Å². The van der Waals surface area contributed by atoms with Gasteiger partial charge in [-0.25, -0.2) is 4.79 Å². The molecule has 3 saturated heterocycles. The summed E-state index contributed by atoms with van der Waals surface area (Å²) in [5, 5.41) is 3.66. The van der Waals surface area contributed by atoms with Gasteiger partial charge in [-0.1, -0.05) is 23.7 Å². The Kier molecular flexibility index (Phi) is 4.61. The molecule has 0 aromatic heterocycles. The van der Waals surface area contributed by atoms with E-state index in [-0.39, 0.29) is 36.0 Å². The monoisotopic (exact) mass is 375 g/mol. The number of hydrogen-bond acceptors (Lipinski definition) is 3. The molecule has 1 aromatic carbocycles. The number of benzene rings is 1. The summed E-state index contributed by atoms with van der Waals surface area (Å²) < 4.78 is 0. The zero-order valence-corrected chi connectivity index (χ0v) is 15.2. The van der Waals surface area contributed by atoms with Crippen LogP contribution in [0.15, 0.2) is 24.3 Å². The maximum atomic E-state index is 12.7. The van der Waals surface area contributed by atoms with E-state index in [1.54, 1.807) is 0 Å². The number of likely N-dealkylation sites (tertiary alicyclic amines) is 1. The molecule has 0 radical (unpaired) electrons. The highest BCUT2D eigenvalue weighted by Gasteiger charge is 2.47. The zero-order valence-electron chi connectivity index (χ0n) is 14.5. The van der Waals surface area contributed by atoms with Gasteiger partial charge in [-0.3, -0.25) is 14.5 Å². The van der Waals surface area contributed by atoms with Crippen LogP contribution in [0.25, 0.3) is 0 Å². The molecule has 7 heteroatoms. The number of hydrogen-bond donors (Lipinski definition) is 1. The summed E-state index contributed by atoms with van der Waals surface area (Å²) in [5.74, 6) is -0.111. The number of rotatable bonds is 3. The van der Waals surface area contributed by atoms with Gasteiger partial charge in [0.25, 0.3) is 0 Å². The molecule has 0 spiro atoms. The minimum atomic E-state index is -0.0648. The minimum Gasteiger partial charge on any atom is -0.334 e. The highest BCUT2D eigenvalue weighted by atomic mass is 35.5. The molecule has 3 fully saturated rings. The first kappa shape index (κ1) is 17.3. The van der Waals surface area contributed by atoms with Gasteiger partial charge in [0.15, 0.2) is 0 Å². The summed E-state index contributed by atoms with van der Waals surface area (Å²) >= 11 is 5.88. The minimum absolute atomic E-state index is 0.0460. The van der Waals surface area contributed by atoms with Gasteiger partial charge >= 0.3 is 6.03 Å². The van der Waals surface area contributed by atoms with Crippen LogP contribution in [-0.4, -0.2) is 45.8 Å². The van der Waals surface area contributed by atoms with Crippen molar-refractivity contribution in [3.8, 4) is 0 Å². The van der Waals surface area contributed by atoms with E-state index in [4.69, 9.17) is 11.6 Å². The van der Waals surface area contributed by atoms with Gasteiger partial charge in [-0.15, -0.1) is 0 Å². The van der Waals surface area contributed by atoms with E-state index in [2.05, 4.69) is 5.32 Å². The second kappa shape index (κ2) is 6.91. The maximum absolute atomic E-state index is 12.7. The van der Waals surface area contributed by atoms with Crippen LogP contribution >= 0.6 is 11.6 Å². The first-order chi connectivity index (χ1) is 12.5. The molecule has 0 aliphatic carbocycles. The lowest BCUT2D eigenvalue weighted by molar-refractivity contribution is -0.142. The number of piperidine rings is 1. The molecule has 138 valence electrons. The van der Waals surface area contributed by atoms with Crippen LogP contribution in [0.4, 0.5) is 4.79 Å². The summed E-state index contributed by atoms with van der Waals surface area (Å²) in [6.45, 7) is 0.457. The quantitative estimate of drug-likeness (QED) is 0.826. The fourth-order valence-electron chi connectivity index (χ4n) is 4.56. The van der Waals surface area contributed by atoms with Crippen molar-refractivity contribution in [1.82, 2.24) is 15.1 Å². The van der Waals surface area contributed by atoms with Gasteiger partial charge in [0.05, 0.1) is 0 Å². The van der Waals surface area contributed by atoms with Gasteiger partial charge in [-0.05, 0) is 43.4 Å². The van der Waals surface area contributed by atoms with Crippen molar-refractivity contribution in [1.29, 1.82) is 0 Å². The van der Waals surface area contributed by atoms with Crippen molar-refractivity contribution >= 4 is 29.4 Å². The van der Waals surface area contributed by atoms with E-state index < -0.39 is 0 Å². The Hall–Kier alpha value is -2.08. The first-order valence-electron chi connectivity index (χ1n) is 9.18. The molecule has 3 aliphatic heterocycles. The number of nitrogens with one attached hydrogen (secondary N) is 1. The first-order valence-corrected chi connectivity index (χ1v) is 9.56. The van der Waals surface area contributed by atoms with Gasteiger partial charge in [0.2, 0.25) is 11.8 Å². The molecule has 1 aromatic rings. The molecule has 4 rings (SSSR count). The lowest BCUT2D eigenvalue weighted by Crippen LogP contribution is -2.55. The Balaban J connectivity index is 1.38. The molecule has 2 bridgehead atoms. The Labute approximate surface area is 157 Å². The van der Waals surface area contributed by atoms with Gasteiger partial charge in [0, 0.05) is 42.5 Å². The largest absolute Gasteiger partial charge is 0.334 e. The average Bonchev–Trinajstić information content (AvgIpc) is 3.10.